The standard InChI is InChI=1S/C21H21N3O2S2/c1-14-8-10-17(15(2)12-14)18(25)13-27-21-24-23-20(28-21)22-19(26)11-9-16-6-4-3-5-7-16/h3-8,10,12H,9,11,13H2,1-2H3,(H,22,23,26). The molecule has 0 saturated carbocycles. The minimum atomic E-state index is -0.0945. The van der Waals surface area contributed by atoms with Crippen LogP contribution in [0.25, 0.3) is 0 Å². The molecule has 3 aromatic rings. The number of rotatable bonds is 8. The highest BCUT2D eigenvalue weighted by atomic mass is 32.2. The number of anilines is 1. The topological polar surface area (TPSA) is 72.0 Å². The van der Waals surface area contributed by atoms with E-state index in [1.54, 1.807) is 0 Å². The molecule has 28 heavy (non-hydrogen) atoms. The summed E-state index contributed by atoms with van der Waals surface area (Å²) in [6.07, 6.45) is 1.06. The van der Waals surface area contributed by atoms with Gasteiger partial charge in [0.15, 0.2) is 10.1 Å². The summed E-state index contributed by atoms with van der Waals surface area (Å²) in [5.74, 6) is 0.259. The van der Waals surface area contributed by atoms with Gasteiger partial charge in [-0.15, -0.1) is 10.2 Å². The highest BCUT2D eigenvalue weighted by molar-refractivity contribution is 8.01. The third-order valence-electron chi connectivity index (χ3n) is 4.15. The fourth-order valence-electron chi connectivity index (χ4n) is 2.73. The van der Waals surface area contributed by atoms with Gasteiger partial charge in [0.05, 0.1) is 5.75 Å². The Labute approximate surface area is 172 Å². The van der Waals surface area contributed by atoms with E-state index < -0.39 is 0 Å². The van der Waals surface area contributed by atoms with Gasteiger partial charge in [-0.3, -0.25) is 9.59 Å². The normalized spacial score (nSPS) is 10.6. The average molecular weight is 412 g/mol. The number of aryl methyl sites for hydroxylation is 3. The molecule has 0 radical (unpaired) electrons. The van der Waals surface area contributed by atoms with Gasteiger partial charge < -0.3 is 5.32 Å². The zero-order chi connectivity index (χ0) is 19.9. The fourth-order valence-corrected chi connectivity index (χ4v) is 4.39. The van der Waals surface area contributed by atoms with Crippen molar-refractivity contribution in [2.45, 2.75) is 31.0 Å². The van der Waals surface area contributed by atoms with Crippen LogP contribution in [-0.4, -0.2) is 27.6 Å². The highest BCUT2D eigenvalue weighted by Crippen LogP contribution is 2.26. The van der Waals surface area contributed by atoms with Crippen LogP contribution in [0.3, 0.4) is 0 Å². The van der Waals surface area contributed by atoms with Crippen molar-refractivity contribution in [3.63, 3.8) is 0 Å². The van der Waals surface area contributed by atoms with Crippen LogP contribution < -0.4 is 5.32 Å². The molecular formula is C21H21N3O2S2. The van der Waals surface area contributed by atoms with Crippen LogP contribution >= 0.6 is 23.1 Å². The number of nitrogens with zero attached hydrogens (tertiary/aromatic N) is 2. The molecular weight excluding hydrogens is 390 g/mol. The Morgan fingerprint density at radius 2 is 1.86 bits per heavy atom. The maximum Gasteiger partial charge on any atom is 0.226 e. The van der Waals surface area contributed by atoms with Gasteiger partial charge in [0.2, 0.25) is 11.0 Å². The van der Waals surface area contributed by atoms with Gasteiger partial charge in [-0.1, -0.05) is 77.2 Å². The summed E-state index contributed by atoms with van der Waals surface area (Å²) in [7, 11) is 0. The maximum atomic E-state index is 12.4. The average Bonchev–Trinajstić information content (AvgIpc) is 3.12. The molecule has 144 valence electrons. The number of nitrogens with one attached hydrogen (secondary N) is 1. The van der Waals surface area contributed by atoms with E-state index in [-0.39, 0.29) is 11.7 Å². The lowest BCUT2D eigenvalue weighted by molar-refractivity contribution is -0.116. The van der Waals surface area contributed by atoms with E-state index in [1.165, 1.54) is 23.1 Å². The lowest BCUT2D eigenvalue weighted by Gasteiger charge is -2.04. The number of hydrogen-bond donors (Lipinski definition) is 1. The van der Waals surface area contributed by atoms with Crippen molar-refractivity contribution < 1.29 is 9.59 Å². The molecule has 2 aromatic carbocycles. The molecule has 3 rings (SSSR count). The van der Waals surface area contributed by atoms with Crippen molar-refractivity contribution in [2.75, 3.05) is 11.1 Å². The van der Waals surface area contributed by atoms with Crippen LogP contribution in [0.15, 0.2) is 52.9 Å². The van der Waals surface area contributed by atoms with Crippen LogP contribution in [0.1, 0.15) is 33.5 Å². The monoisotopic (exact) mass is 411 g/mol. The second-order valence-corrected chi connectivity index (χ2v) is 8.64. The van der Waals surface area contributed by atoms with Gasteiger partial charge in [-0.2, -0.15) is 0 Å². The van der Waals surface area contributed by atoms with E-state index in [4.69, 9.17) is 0 Å². The van der Waals surface area contributed by atoms with Crippen LogP contribution in [0.2, 0.25) is 0 Å². The Balaban J connectivity index is 1.48. The van der Waals surface area contributed by atoms with E-state index in [0.29, 0.717) is 28.1 Å². The van der Waals surface area contributed by atoms with Crippen LogP contribution in [-0.2, 0) is 11.2 Å². The summed E-state index contributed by atoms with van der Waals surface area (Å²) in [6, 6.07) is 15.7. The van der Waals surface area contributed by atoms with Gasteiger partial charge in [-0.25, -0.2) is 0 Å². The first-order chi connectivity index (χ1) is 13.5. The third kappa shape index (κ3) is 5.74. The van der Waals surface area contributed by atoms with Crippen molar-refractivity contribution in [2.24, 2.45) is 0 Å². The second-order valence-electron chi connectivity index (χ2n) is 6.44. The molecule has 0 aliphatic rings. The number of thioether (sulfide) groups is 1. The predicted octanol–water partition coefficient (Wildman–Crippen LogP) is 4.70. The lowest BCUT2D eigenvalue weighted by atomic mass is 10.0. The Hall–Kier alpha value is -2.51. The van der Waals surface area contributed by atoms with E-state index in [1.807, 2.05) is 62.4 Å². The molecule has 0 atom stereocenters. The molecule has 1 aromatic heterocycles. The van der Waals surface area contributed by atoms with Crippen molar-refractivity contribution in [3.8, 4) is 0 Å². The van der Waals surface area contributed by atoms with E-state index in [9.17, 15) is 9.59 Å². The zero-order valence-electron chi connectivity index (χ0n) is 15.8. The Morgan fingerprint density at radius 3 is 2.61 bits per heavy atom. The predicted molar refractivity (Wildman–Crippen MR) is 114 cm³/mol. The summed E-state index contributed by atoms with van der Waals surface area (Å²) >= 11 is 2.62. The quantitative estimate of drug-likeness (QED) is 0.330. The largest absolute Gasteiger partial charge is 0.300 e. The summed E-state index contributed by atoms with van der Waals surface area (Å²) in [5.41, 5.74) is 3.97. The first kappa shape index (κ1) is 20.2. The fraction of sp³-hybridized carbons (Fsp3) is 0.238. The molecule has 0 spiro atoms. The molecule has 1 amide bonds. The van der Waals surface area contributed by atoms with Gasteiger partial charge >= 0.3 is 0 Å². The van der Waals surface area contributed by atoms with Gasteiger partial charge in [0, 0.05) is 12.0 Å². The third-order valence-corrected chi connectivity index (χ3v) is 6.12. The summed E-state index contributed by atoms with van der Waals surface area (Å²) in [5, 5.41) is 11.3. The number of carbonyl (C=O) groups excluding carboxylic acids is 2. The maximum absolute atomic E-state index is 12.4. The molecule has 0 saturated heterocycles. The second kappa shape index (κ2) is 9.61. The molecule has 1 heterocycles. The highest BCUT2D eigenvalue weighted by Gasteiger charge is 2.13. The van der Waals surface area contributed by atoms with E-state index in [2.05, 4.69) is 15.5 Å². The molecule has 5 nitrogen and oxygen atoms in total. The Kier molecular flexibility index (Phi) is 6.95. The SMILES string of the molecule is Cc1ccc(C(=O)CSc2nnc(NC(=O)CCc3ccccc3)s2)c(C)c1. The molecule has 0 aliphatic carbocycles. The Morgan fingerprint density at radius 1 is 1.07 bits per heavy atom. The summed E-state index contributed by atoms with van der Waals surface area (Å²) in [6.45, 7) is 3.95. The first-order valence-electron chi connectivity index (χ1n) is 8.92. The van der Waals surface area contributed by atoms with Crippen molar-refractivity contribution in [1.29, 1.82) is 0 Å². The summed E-state index contributed by atoms with van der Waals surface area (Å²) < 4.78 is 0.663. The van der Waals surface area contributed by atoms with Crippen LogP contribution in [0.5, 0.6) is 0 Å². The molecule has 0 unspecified atom stereocenters. The number of aromatic nitrogens is 2. The molecule has 0 bridgehead atoms. The van der Waals surface area contributed by atoms with Crippen molar-refractivity contribution in [1.82, 2.24) is 10.2 Å². The minimum Gasteiger partial charge on any atom is -0.300 e. The zero-order valence-corrected chi connectivity index (χ0v) is 17.4. The first-order valence-corrected chi connectivity index (χ1v) is 10.7. The number of amides is 1. The number of hydrogen-bond acceptors (Lipinski definition) is 6. The molecule has 7 heteroatoms. The van der Waals surface area contributed by atoms with Gasteiger partial charge in [0.25, 0.3) is 0 Å². The number of ketones is 1. The van der Waals surface area contributed by atoms with Crippen LogP contribution in [0.4, 0.5) is 5.13 Å². The van der Waals surface area contributed by atoms with Gasteiger partial charge in [-0.05, 0) is 31.4 Å². The van der Waals surface area contributed by atoms with Gasteiger partial charge in [0.1, 0.15) is 0 Å². The molecule has 1 N–H and O–H groups in total. The smallest absolute Gasteiger partial charge is 0.226 e. The number of Topliss-reactive ketones (excluding diaryl/α,β-unsaturated/α-hetero) is 1. The lowest BCUT2D eigenvalue weighted by Crippen LogP contribution is -2.12. The van der Waals surface area contributed by atoms with Crippen LogP contribution in [0, 0.1) is 13.8 Å². The molecule has 0 fully saturated rings. The van der Waals surface area contributed by atoms with Crippen molar-refractivity contribution in [3.05, 3.63) is 70.8 Å². The minimum absolute atomic E-state index is 0.0612. The number of carbonyl (C=O) groups is 2. The number of benzene rings is 2. The summed E-state index contributed by atoms with van der Waals surface area (Å²) in [4.78, 5) is 24.5. The molecule has 0 aliphatic heterocycles. The van der Waals surface area contributed by atoms with E-state index >= 15 is 0 Å². The Bertz CT molecular complexity index is 971. The van der Waals surface area contributed by atoms with E-state index in [0.717, 1.165) is 22.3 Å². The van der Waals surface area contributed by atoms with Crippen molar-refractivity contribution >= 4 is 39.9 Å².